The van der Waals surface area contributed by atoms with Crippen LogP contribution in [0.2, 0.25) is 0 Å². The Labute approximate surface area is 159 Å². The number of carbonyl (C=O) groups excluding carboxylic acids is 1. The Balaban J connectivity index is 2.26. The molecule has 0 atom stereocenters. The molecule has 0 unspecified atom stereocenters. The van der Waals surface area contributed by atoms with Crippen molar-refractivity contribution in [2.75, 3.05) is 13.1 Å². The van der Waals surface area contributed by atoms with Crippen LogP contribution < -0.4 is 5.32 Å². The number of ether oxygens (including phenoxy) is 1. The highest BCUT2D eigenvalue weighted by Crippen LogP contribution is 2.28. The molecule has 1 fully saturated rings. The normalized spacial score (nSPS) is 17.3. The lowest BCUT2D eigenvalue weighted by Crippen LogP contribution is -2.44. The van der Waals surface area contributed by atoms with Gasteiger partial charge < -0.3 is 10.1 Å². The zero-order valence-electron chi connectivity index (χ0n) is 10.5. The van der Waals surface area contributed by atoms with Gasteiger partial charge in [0, 0.05) is 23.6 Å². The third-order valence-electron chi connectivity index (χ3n) is 3.18. The Hall–Kier alpha value is 0.400. The summed E-state index contributed by atoms with van der Waals surface area (Å²) in [7, 11) is 0. The lowest BCUT2D eigenvalue weighted by molar-refractivity contribution is -0.00386. The van der Waals surface area contributed by atoms with Gasteiger partial charge in [-0.15, -0.1) is 6.42 Å². The number of terminal acetylenes is 1. The Kier molecular flexibility index (Phi) is 5.96. The van der Waals surface area contributed by atoms with E-state index < -0.39 is 5.60 Å². The van der Waals surface area contributed by atoms with Gasteiger partial charge in [0.05, 0.1) is 5.56 Å². The second kappa shape index (κ2) is 7.11. The molecule has 20 heavy (non-hydrogen) atoms. The van der Waals surface area contributed by atoms with Crippen LogP contribution in [0.5, 0.6) is 0 Å². The minimum absolute atomic E-state index is 0.328. The predicted molar refractivity (Wildman–Crippen MR) is 104 cm³/mol. The molecule has 1 N–H and O–H groups in total. The van der Waals surface area contributed by atoms with Crippen molar-refractivity contribution in [3.05, 3.63) is 28.4 Å². The van der Waals surface area contributed by atoms with Crippen molar-refractivity contribution in [3.63, 3.8) is 0 Å². The molecule has 1 heterocycles. The van der Waals surface area contributed by atoms with Gasteiger partial charge in [0.15, 0.2) is 5.60 Å². The fourth-order valence-corrected chi connectivity index (χ4v) is 4.42. The van der Waals surface area contributed by atoms with E-state index >= 15 is 0 Å². The smallest absolute Gasteiger partial charge is 0.340 e. The highest BCUT2D eigenvalue weighted by Gasteiger charge is 2.34. The van der Waals surface area contributed by atoms with Gasteiger partial charge in [0.25, 0.3) is 0 Å². The summed E-state index contributed by atoms with van der Waals surface area (Å²) in [5.74, 6) is 2.35. The molecule has 0 amide bonds. The number of piperidine rings is 1. The zero-order valence-corrected chi connectivity index (χ0v) is 17.0. The predicted octanol–water partition coefficient (Wildman–Crippen LogP) is 3.41. The number of halogens is 3. The lowest BCUT2D eigenvalue weighted by Gasteiger charge is -2.32. The van der Waals surface area contributed by atoms with Crippen molar-refractivity contribution < 1.29 is 9.53 Å². The first-order valence-corrected chi connectivity index (χ1v) is 9.27. The number of nitrogens with one attached hydrogen (secondary N) is 1. The first-order chi connectivity index (χ1) is 9.47. The van der Waals surface area contributed by atoms with Crippen molar-refractivity contribution in [1.29, 1.82) is 0 Å². The Morgan fingerprint density at radius 3 is 2.55 bits per heavy atom. The average Bonchev–Trinajstić information content (AvgIpc) is 2.43. The van der Waals surface area contributed by atoms with Gasteiger partial charge in [-0.1, -0.05) is 5.92 Å². The second-order valence-electron chi connectivity index (χ2n) is 4.53. The van der Waals surface area contributed by atoms with Gasteiger partial charge in [-0.3, -0.25) is 0 Å². The molecule has 0 aromatic heterocycles. The molecule has 0 radical (unpaired) electrons. The van der Waals surface area contributed by atoms with E-state index in [1.165, 1.54) is 0 Å². The van der Waals surface area contributed by atoms with Gasteiger partial charge in [-0.2, -0.15) is 0 Å². The number of hydrogen-bond acceptors (Lipinski definition) is 3. The minimum Gasteiger partial charge on any atom is -0.442 e. The Bertz CT molecular complexity index is 575. The summed E-state index contributed by atoms with van der Waals surface area (Å²) >= 11 is 6.59. The summed E-state index contributed by atoms with van der Waals surface area (Å²) in [6.45, 7) is 1.55. The minimum atomic E-state index is -0.766. The number of rotatable bonds is 2. The van der Waals surface area contributed by atoms with Crippen LogP contribution in [0.4, 0.5) is 0 Å². The SMILES string of the molecule is C#CC1(OC(=O)c2cc(I)cc(I)c2I)CCNCC1. The molecule has 1 aliphatic heterocycles. The van der Waals surface area contributed by atoms with Crippen LogP contribution in [0, 0.1) is 23.1 Å². The maximum atomic E-state index is 12.5. The number of benzene rings is 1. The van der Waals surface area contributed by atoms with Crippen LogP contribution in [0.25, 0.3) is 0 Å². The van der Waals surface area contributed by atoms with Gasteiger partial charge >= 0.3 is 5.97 Å². The van der Waals surface area contributed by atoms with Crippen molar-refractivity contribution >= 4 is 73.7 Å². The highest BCUT2D eigenvalue weighted by atomic mass is 127. The van der Waals surface area contributed by atoms with Crippen LogP contribution in [0.3, 0.4) is 0 Å². The van der Waals surface area contributed by atoms with E-state index in [9.17, 15) is 4.79 Å². The van der Waals surface area contributed by atoms with Gasteiger partial charge in [0.2, 0.25) is 0 Å². The van der Waals surface area contributed by atoms with E-state index in [1.807, 2.05) is 12.1 Å². The molecule has 6 heteroatoms. The Morgan fingerprint density at radius 2 is 1.95 bits per heavy atom. The van der Waals surface area contributed by atoms with Crippen molar-refractivity contribution in [2.45, 2.75) is 18.4 Å². The third kappa shape index (κ3) is 3.78. The molecule has 0 saturated carbocycles. The van der Waals surface area contributed by atoms with Crippen molar-refractivity contribution in [2.24, 2.45) is 0 Å². The fraction of sp³-hybridized carbons (Fsp3) is 0.357. The van der Waals surface area contributed by atoms with Crippen molar-refractivity contribution in [1.82, 2.24) is 5.32 Å². The maximum Gasteiger partial charge on any atom is 0.340 e. The summed E-state index contributed by atoms with van der Waals surface area (Å²) in [6.07, 6.45) is 6.92. The van der Waals surface area contributed by atoms with E-state index in [4.69, 9.17) is 11.2 Å². The molecule has 1 aliphatic rings. The van der Waals surface area contributed by atoms with E-state index in [0.29, 0.717) is 18.4 Å². The zero-order chi connectivity index (χ0) is 14.8. The topological polar surface area (TPSA) is 38.3 Å². The lowest BCUT2D eigenvalue weighted by atomic mass is 9.93. The number of esters is 1. The number of hydrogen-bond donors (Lipinski definition) is 1. The largest absolute Gasteiger partial charge is 0.442 e. The Morgan fingerprint density at radius 1 is 1.30 bits per heavy atom. The summed E-state index contributed by atoms with van der Waals surface area (Å²) in [5.41, 5.74) is -0.173. The first kappa shape index (κ1) is 16.8. The molecular weight excluding hydrogens is 595 g/mol. The maximum absolute atomic E-state index is 12.5. The standard InChI is InChI=1S/C14H12I3NO2/c1-2-14(3-5-18-6-4-14)20-13(19)10-7-9(15)8-11(16)12(10)17/h1,7-8,18H,3-6H2. The van der Waals surface area contributed by atoms with Crippen LogP contribution in [-0.4, -0.2) is 24.7 Å². The average molecular weight is 607 g/mol. The van der Waals surface area contributed by atoms with Crippen LogP contribution in [0.15, 0.2) is 12.1 Å². The molecule has 0 spiro atoms. The summed E-state index contributed by atoms with van der Waals surface area (Å²) in [5, 5.41) is 3.23. The van der Waals surface area contributed by atoms with Crippen molar-refractivity contribution in [3.8, 4) is 12.3 Å². The monoisotopic (exact) mass is 607 g/mol. The fourth-order valence-electron chi connectivity index (χ4n) is 2.04. The summed E-state index contributed by atoms with van der Waals surface area (Å²) < 4.78 is 8.65. The molecule has 1 aromatic carbocycles. The van der Waals surface area contributed by atoms with E-state index in [0.717, 1.165) is 23.8 Å². The molecule has 0 aliphatic carbocycles. The molecule has 3 nitrogen and oxygen atoms in total. The third-order valence-corrected chi connectivity index (χ3v) is 6.84. The quantitative estimate of drug-likeness (QED) is 0.243. The summed E-state index contributed by atoms with van der Waals surface area (Å²) in [4.78, 5) is 12.5. The summed E-state index contributed by atoms with van der Waals surface area (Å²) in [6, 6.07) is 3.87. The molecule has 1 saturated heterocycles. The van der Waals surface area contributed by atoms with Crippen LogP contribution in [0.1, 0.15) is 23.2 Å². The number of carbonyl (C=O) groups is 1. The van der Waals surface area contributed by atoms with Crippen LogP contribution >= 0.6 is 67.8 Å². The van der Waals surface area contributed by atoms with E-state index in [1.54, 1.807) is 0 Å². The van der Waals surface area contributed by atoms with Gasteiger partial charge in [-0.05, 0) is 93.0 Å². The molecular formula is C14H12I3NO2. The highest BCUT2D eigenvalue weighted by molar-refractivity contribution is 14.1. The molecule has 106 valence electrons. The van der Waals surface area contributed by atoms with E-state index in [2.05, 4.69) is 79.0 Å². The first-order valence-electron chi connectivity index (χ1n) is 6.04. The molecule has 0 bridgehead atoms. The van der Waals surface area contributed by atoms with Gasteiger partial charge in [-0.25, -0.2) is 4.79 Å². The van der Waals surface area contributed by atoms with Gasteiger partial charge in [0.1, 0.15) is 0 Å². The van der Waals surface area contributed by atoms with E-state index in [-0.39, 0.29) is 5.97 Å². The molecule has 2 rings (SSSR count). The molecule has 1 aromatic rings. The second-order valence-corrected chi connectivity index (χ2v) is 8.01. The van der Waals surface area contributed by atoms with Crippen LogP contribution in [-0.2, 0) is 4.74 Å².